The highest BCUT2D eigenvalue weighted by Crippen LogP contribution is 2.28. The minimum Gasteiger partial charge on any atom is -0.204 e. The van der Waals surface area contributed by atoms with Crippen LogP contribution >= 0.6 is 0 Å². The maximum absolute atomic E-state index is 13.3. The van der Waals surface area contributed by atoms with Crippen molar-refractivity contribution in [2.45, 2.75) is 19.3 Å². The fourth-order valence-electron chi connectivity index (χ4n) is 1.13. The second-order valence-corrected chi connectivity index (χ2v) is 3.65. The number of hydrogen-bond donors (Lipinski definition) is 0. The minimum absolute atomic E-state index is 0.103. The Balaban J connectivity index is 3.38. The quantitative estimate of drug-likeness (QED) is 0.505. The lowest BCUT2D eigenvalue weighted by Crippen LogP contribution is -2.16. The number of allylic oxidation sites excluding steroid dienone is 1. The van der Waals surface area contributed by atoms with Crippen molar-refractivity contribution in [1.82, 2.24) is 0 Å². The molecule has 0 spiro atoms. The molecule has 1 rings (SSSR count). The van der Waals surface area contributed by atoms with Gasteiger partial charge in [-0.1, -0.05) is 26.0 Å². The Morgan fingerprint density at radius 1 is 1.14 bits per heavy atom. The lowest BCUT2D eigenvalue weighted by Gasteiger charge is -2.21. The number of hydrogen-bond acceptors (Lipinski definition) is 0. The first-order chi connectivity index (χ1) is 6.40. The molecule has 0 aliphatic carbocycles. The Bertz CT molecular complexity index is 367. The average molecular weight is 200 g/mol. The Labute approximate surface area is 81.1 Å². The van der Waals surface area contributed by atoms with Gasteiger partial charge in [-0.25, -0.2) is 13.2 Å². The molecule has 0 unspecified atom stereocenters. The summed E-state index contributed by atoms with van der Waals surface area (Å²) in [5, 5.41) is 0. The monoisotopic (exact) mass is 200 g/mol. The lowest BCUT2D eigenvalue weighted by molar-refractivity contribution is 0.430. The van der Waals surface area contributed by atoms with Gasteiger partial charge in [0.1, 0.15) is 0 Å². The van der Waals surface area contributed by atoms with E-state index in [-0.39, 0.29) is 5.56 Å². The lowest BCUT2D eigenvalue weighted by atomic mass is 9.84. The van der Waals surface area contributed by atoms with Crippen molar-refractivity contribution < 1.29 is 13.2 Å². The van der Waals surface area contributed by atoms with Crippen molar-refractivity contribution in [3.8, 4) is 0 Å². The average Bonchev–Trinajstić information content (AvgIpc) is 2.14. The molecule has 1 aromatic carbocycles. The molecule has 0 atom stereocenters. The van der Waals surface area contributed by atoms with Crippen LogP contribution in [-0.4, -0.2) is 0 Å². The van der Waals surface area contributed by atoms with Gasteiger partial charge in [-0.05, 0) is 6.07 Å². The third-order valence-corrected chi connectivity index (χ3v) is 2.24. The van der Waals surface area contributed by atoms with Gasteiger partial charge in [0.2, 0.25) is 0 Å². The Morgan fingerprint density at radius 3 is 2.21 bits per heavy atom. The highest BCUT2D eigenvalue weighted by atomic mass is 19.2. The molecule has 0 nitrogen and oxygen atoms in total. The Kier molecular flexibility index (Phi) is 2.69. The third kappa shape index (κ3) is 1.67. The van der Waals surface area contributed by atoms with Crippen molar-refractivity contribution in [3.63, 3.8) is 0 Å². The van der Waals surface area contributed by atoms with Gasteiger partial charge in [-0.15, -0.1) is 6.58 Å². The summed E-state index contributed by atoms with van der Waals surface area (Å²) in [4.78, 5) is 0. The zero-order valence-corrected chi connectivity index (χ0v) is 8.07. The molecule has 3 heteroatoms. The number of benzene rings is 1. The molecule has 0 aliphatic heterocycles. The van der Waals surface area contributed by atoms with Crippen LogP contribution in [0.4, 0.5) is 13.2 Å². The molecule has 0 saturated carbocycles. The molecular formula is C11H11F3. The van der Waals surface area contributed by atoms with Gasteiger partial charge in [-0.2, -0.15) is 0 Å². The third-order valence-electron chi connectivity index (χ3n) is 2.24. The van der Waals surface area contributed by atoms with Gasteiger partial charge >= 0.3 is 0 Å². The van der Waals surface area contributed by atoms with Crippen LogP contribution in [0.5, 0.6) is 0 Å². The van der Waals surface area contributed by atoms with E-state index < -0.39 is 22.9 Å². The summed E-state index contributed by atoms with van der Waals surface area (Å²) in [6.45, 7) is 6.87. The number of rotatable bonds is 2. The van der Waals surface area contributed by atoms with Crippen molar-refractivity contribution in [2.24, 2.45) is 0 Å². The van der Waals surface area contributed by atoms with E-state index in [0.29, 0.717) is 0 Å². The molecule has 0 amide bonds. The van der Waals surface area contributed by atoms with Gasteiger partial charge < -0.3 is 0 Å². The molecule has 0 N–H and O–H groups in total. The predicted molar refractivity (Wildman–Crippen MR) is 49.5 cm³/mol. The first-order valence-corrected chi connectivity index (χ1v) is 4.17. The summed E-state index contributed by atoms with van der Waals surface area (Å²) >= 11 is 0. The first-order valence-electron chi connectivity index (χ1n) is 4.17. The first kappa shape index (κ1) is 10.8. The predicted octanol–water partition coefficient (Wildman–Crippen LogP) is 3.57. The molecule has 1 aromatic rings. The van der Waals surface area contributed by atoms with Crippen LogP contribution in [0.25, 0.3) is 0 Å². The van der Waals surface area contributed by atoms with Crippen LogP contribution in [0.1, 0.15) is 19.4 Å². The molecule has 0 saturated heterocycles. The van der Waals surface area contributed by atoms with Crippen LogP contribution in [0, 0.1) is 17.5 Å². The van der Waals surface area contributed by atoms with Crippen LogP contribution in [0.2, 0.25) is 0 Å². The molecule has 0 radical (unpaired) electrons. The molecule has 0 heterocycles. The topological polar surface area (TPSA) is 0 Å². The molecule has 0 bridgehead atoms. The van der Waals surface area contributed by atoms with Gasteiger partial charge in [0, 0.05) is 11.0 Å². The van der Waals surface area contributed by atoms with Crippen LogP contribution in [0.3, 0.4) is 0 Å². The zero-order valence-electron chi connectivity index (χ0n) is 8.07. The highest BCUT2D eigenvalue weighted by molar-refractivity contribution is 5.30. The molecular weight excluding hydrogens is 189 g/mol. The van der Waals surface area contributed by atoms with Gasteiger partial charge in [0.25, 0.3) is 0 Å². The summed E-state index contributed by atoms with van der Waals surface area (Å²) < 4.78 is 38.8. The fourth-order valence-corrected chi connectivity index (χ4v) is 1.13. The summed E-state index contributed by atoms with van der Waals surface area (Å²) in [6.07, 6.45) is 1.49. The normalized spacial score (nSPS) is 11.5. The fraction of sp³-hybridized carbons (Fsp3) is 0.273. The van der Waals surface area contributed by atoms with Crippen LogP contribution < -0.4 is 0 Å². The van der Waals surface area contributed by atoms with Crippen molar-refractivity contribution in [3.05, 3.63) is 47.8 Å². The summed E-state index contributed by atoms with van der Waals surface area (Å²) in [7, 11) is 0. The maximum atomic E-state index is 13.3. The minimum atomic E-state index is -1.43. The van der Waals surface area contributed by atoms with Gasteiger partial charge in [-0.3, -0.25) is 0 Å². The zero-order chi connectivity index (χ0) is 10.9. The molecule has 76 valence electrons. The molecule has 0 aromatic heterocycles. The molecule has 0 fully saturated rings. The summed E-state index contributed by atoms with van der Waals surface area (Å²) in [5.41, 5.74) is -0.607. The Morgan fingerprint density at radius 2 is 1.71 bits per heavy atom. The highest BCUT2D eigenvalue weighted by Gasteiger charge is 2.24. The second-order valence-electron chi connectivity index (χ2n) is 3.65. The molecule has 14 heavy (non-hydrogen) atoms. The van der Waals surface area contributed by atoms with Crippen LogP contribution in [0.15, 0.2) is 24.8 Å². The summed E-state index contributed by atoms with van der Waals surface area (Å²) in [5.74, 6) is -3.75. The van der Waals surface area contributed by atoms with E-state index in [2.05, 4.69) is 6.58 Å². The number of halogens is 3. The SMILES string of the molecule is C=CC(C)(C)c1ccc(F)c(F)c1F. The van der Waals surface area contributed by atoms with Crippen LogP contribution in [-0.2, 0) is 5.41 Å². The van der Waals surface area contributed by atoms with Crippen molar-refractivity contribution in [1.29, 1.82) is 0 Å². The standard InChI is InChI=1S/C11H11F3/c1-4-11(2,3)7-5-6-8(12)10(14)9(7)13/h4-6H,1H2,2-3H3. The Hall–Kier alpha value is -1.25. The maximum Gasteiger partial charge on any atom is 0.194 e. The summed E-state index contributed by atoms with van der Waals surface area (Å²) in [6, 6.07) is 2.15. The van der Waals surface area contributed by atoms with Gasteiger partial charge in [0.15, 0.2) is 17.5 Å². The van der Waals surface area contributed by atoms with E-state index in [0.717, 1.165) is 6.07 Å². The van der Waals surface area contributed by atoms with E-state index >= 15 is 0 Å². The van der Waals surface area contributed by atoms with E-state index in [1.807, 2.05) is 0 Å². The van der Waals surface area contributed by atoms with Crippen molar-refractivity contribution >= 4 is 0 Å². The smallest absolute Gasteiger partial charge is 0.194 e. The van der Waals surface area contributed by atoms with E-state index in [1.54, 1.807) is 13.8 Å². The van der Waals surface area contributed by atoms with Gasteiger partial charge in [0.05, 0.1) is 0 Å². The van der Waals surface area contributed by atoms with Crippen molar-refractivity contribution in [2.75, 3.05) is 0 Å². The molecule has 0 aliphatic rings. The van der Waals surface area contributed by atoms with E-state index in [4.69, 9.17) is 0 Å². The van der Waals surface area contributed by atoms with E-state index in [1.165, 1.54) is 12.1 Å². The second kappa shape index (κ2) is 3.48. The van der Waals surface area contributed by atoms with E-state index in [9.17, 15) is 13.2 Å². The largest absolute Gasteiger partial charge is 0.204 e.